The van der Waals surface area contributed by atoms with Gasteiger partial charge in [-0.3, -0.25) is 9.88 Å². The molecule has 0 spiro atoms. The third kappa shape index (κ3) is 4.77. The molecular weight excluding hydrogens is 567 g/mol. The molecule has 0 N–H and O–H groups in total. The number of hydrogen-bond acceptors (Lipinski definition) is 7. The number of rotatable bonds is 3. The van der Waals surface area contributed by atoms with Crippen molar-refractivity contribution < 1.29 is 22.6 Å². The van der Waals surface area contributed by atoms with Crippen LogP contribution in [0.15, 0.2) is 36.5 Å². The van der Waals surface area contributed by atoms with E-state index < -0.39 is 12.0 Å². The minimum absolute atomic E-state index is 0.0864. The van der Waals surface area contributed by atoms with E-state index in [4.69, 9.17) is 14.5 Å². The van der Waals surface area contributed by atoms with Crippen molar-refractivity contribution >= 4 is 27.5 Å². The van der Waals surface area contributed by atoms with Crippen LogP contribution in [0.5, 0.6) is 6.01 Å². The number of fused-ring (bicyclic) bond motifs is 6. The Kier molecular flexibility index (Phi) is 7.09. The van der Waals surface area contributed by atoms with E-state index >= 15 is 8.78 Å². The van der Waals surface area contributed by atoms with Crippen molar-refractivity contribution in [1.82, 2.24) is 19.9 Å². The molecule has 0 unspecified atom stereocenters. The predicted octanol–water partition coefficient (Wildman–Crippen LogP) is 6.26. The van der Waals surface area contributed by atoms with Crippen LogP contribution in [-0.4, -0.2) is 77.6 Å². The Hall–Kier alpha value is -3.50. The molecule has 10 heteroatoms. The first kappa shape index (κ1) is 28.0. The van der Waals surface area contributed by atoms with Gasteiger partial charge in [0.15, 0.2) is 5.82 Å². The Labute approximate surface area is 254 Å². The molecule has 6 bridgehead atoms. The lowest BCUT2D eigenvalue weighted by Gasteiger charge is -2.34. The number of aromatic nitrogens is 3. The average Bonchev–Trinajstić information content (AvgIpc) is 3.56. The summed E-state index contributed by atoms with van der Waals surface area (Å²) in [6.45, 7) is 4.01. The lowest BCUT2D eigenvalue weighted by Crippen LogP contribution is -2.43. The van der Waals surface area contributed by atoms with E-state index in [1.165, 1.54) is 6.07 Å². The number of hydrogen-bond donors (Lipinski definition) is 0. The first-order chi connectivity index (χ1) is 21.5. The highest BCUT2D eigenvalue weighted by Gasteiger charge is 2.49. The highest BCUT2D eigenvalue weighted by Crippen LogP contribution is 2.41. The van der Waals surface area contributed by atoms with Crippen molar-refractivity contribution in [3.8, 4) is 17.3 Å². The van der Waals surface area contributed by atoms with Gasteiger partial charge in [0.2, 0.25) is 0 Å². The Morgan fingerprint density at radius 1 is 1.02 bits per heavy atom. The van der Waals surface area contributed by atoms with Gasteiger partial charge in [-0.05, 0) is 73.4 Å². The maximum absolute atomic E-state index is 16.8. The van der Waals surface area contributed by atoms with E-state index in [1.807, 2.05) is 12.1 Å². The van der Waals surface area contributed by atoms with Gasteiger partial charge < -0.3 is 14.4 Å². The first-order valence-electron chi connectivity index (χ1n) is 15.9. The van der Waals surface area contributed by atoms with Crippen LogP contribution in [0, 0.1) is 17.6 Å². The molecule has 3 saturated heterocycles. The van der Waals surface area contributed by atoms with Crippen LogP contribution < -0.4 is 9.64 Å². The Bertz CT molecular complexity index is 1740. The van der Waals surface area contributed by atoms with Gasteiger partial charge in [0.1, 0.15) is 35.6 Å². The zero-order chi connectivity index (χ0) is 29.8. The van der Waals surface area contributed by atoms with Crippen LogP contribution in [-0.2, 0) is 11.2 Å². The van der Waals surface area contributed by atoms with Gasteiger partial charge in [-0.25, -0.2) is 13.2 Å². The van der Waals surface area contributed by atoms with Gasteiger partial charge in [-0.2, -0.15) is 9.97 Å². The van der Waals surface area contributed by atoms with Gasteiger partial charge in [0.25, 0.3) is 0 Å². The summed E-state index contributed by atoms with van der Waals surface area (Å²) in [6.07, 6.45) is 6.30. The number of pyridine rings is 1. The zero-order valence-electron chi connectivity index (χ0n) is 24.7. The van der Waals surface area contributed by atoms with Crippen molar-refractivity contribution in [3.05, 3.63) is 53.7 Å². The third-order valence-corrected chi connectivity index (χ3v) is 10.2. The third-order valence-electron chi connectivity index (χ3n) is 10.2. The molecule has 0 amide bonds. The Balaban J connectivity index is 1.29. The minimum Gasteiger partial charge on any atom is -0.461 e. The summed E-state index contributed by atoms with van der Waals surface area (Å²) in [6, 6.07) is 8.78. The summed E-state index contributed by atoms with van der Waals surface area (Å²) in [5.41, 5.74) is 0.841. The number of ether oxygens (including phenoxy) is 2. The van der Waals surface area contributed by atoms with Gasteiger partial charge in [0.05, 0.1) is 17.5 Å². The second kappa shape index (κ2) is 11.1. The highest BCUT2D eigenvalue weighted by molar-refractivity contribution is 6.00. The molecule has 5 aliphatic rings. The quantitative estimate of drug-likeness (QED) is 0.274. The van der Waals surface area contributed by atoms with Crippen molar-refractivity contribution in [2.45, 2.75) is 56.7 Å². The minimum atomic E-state index is -0.880. The normalized spacial score (nSPS) is 25.8. The molecule has 3 fully saturated rings. The maximum atomic E-state index is 16.8. The summed E-state index contributed by atoms with van der Waals surface area (Å²) in [5, 5.41) is 1.94. The Morgan fingerprint density at radius 2 is 1.95 bits per heavy atom. The van der Waals surface area contributed by atoms with Crippen molar-refractivity contribution in [1.29, 1.82) is 0 Å². The van der Waals surface area contributed by atoms with Crippen molar-refractivity contribution in [2.75, 3.05) is 50.9 Å². The summed E-state index contributed by atoms with van der Waals surface area (Å²) in [7, 11) is 0. The summed E-state index contributed by atoms with van der Waals surface area (Å²) in [5.74, 6) is 0.0265. The number of alkyl halides is 1. The number of halogens is 3. The molecule has 3 atom stereocenters. The molecule has 2 aromatic heterocycles. The van der Waals surface area contributed by atoms with E-state index in [0.717, 1.165) is 57.1 Å². The molecule has 0 saturated carbocycles. The number of nitrogens with zero attached hydrogens (tertiary/aromatic N) is 5. The van der Waals surface area contributed by atoms with Crippen LogP contribution in [0.25, 0.3) is 32.9 Å². The highest BCUT2D eigenvalue weighted by atomic mass is 19.1. The molecular formula is C34H36F3N5O2. The standard InChI is InChI=1S/C34H36F3N5O2/c35-23-16-34(11-3-13-42(34)19-23)20-44-33-39-31-26-17-38-30(29(31)37)25-6-1-5-22-7-8-27(36)24(28(22)25)10-15-43-14-9-21-4-2-12-41(18-21)32(26)40-33/h1,5-8,17,21,23H,2-4,9-16,18-20H2/t21-,23+,34-/m0/s1. The summed E-state index contributed by atoms with van der Waals surface area (Å²) < 4.78 is 58.9. The lowest BCUT2D eigenvalue weighted by molar-refractivity contribution is 0.107. The smallest absolute Gasteiger partial charge is 0.319 e. The maximum Gasteiger partial charge on any atom is 0.319 e. The second-order valence-corrected chi connectivity index (χ2v) is 12.9. The number of benzene rings is 2. The molecule has 7 nitrogen and oxygen atoms in total. The summed E-state index contributed by atoms with van der Waals surface area (Å²) in [4.78, 5) is 18.5. The van der Waals surface area contributed by atoms with Crippen molar-refractivity contribution in [3.63, 3.8) is 0 Å². The van der Waals surface area contributed by atoms with Crippen LogP contribution in [0.1, 0.15) is 44.1 Å². The number of piperidine rings is 1. The van der Waals surface area contributed by atoms with E-state index in [-0.39, 0.29) is 35.2 Å². The second-order valence-electron chi connectivity index (χ2n) is 12.9. The lowest BCUT2D eigenvalue weighted by atomic mass is 9.94. The molecule has 7 heterocycles. The van der Waals surface area contributed by atoms with E-state index in [1.54, 1.807) is 18.3 Å². The first-order valence-corrected chi connectivity index (χ1v) is 15.9. The average molecular weight is 604 g/mol. The van der Waals surface area contributed by atoms with Crippen LogP contribution in [0.2, 0.25) is 0 Å². The van der Waals surface area contributed by atoms with Gasteiger partial charge in [-0.1, -0.05) is 24.3 Å². The molecule has 2 aromatic carbocycles. The fraction of sp³-hybridized carbons (Fsp3) is 0.500. The SMILES string of the molecule is Fc1ccc2cccc3c2c1CCOCC[C@@H]1CCCN(C1)c1nc(OC[C@@]24CCCN2C[C@H](F)C4)nc2c(F)c-3ncc12. The predicted molar refractivity (Wildman–Crippen MR) is 163 cm³/mol. The van der Waals surface area contributed by atoms with Crippen LogP contribution in [0.4, 0.5) is 19.0 Å². The molecule has 230 valence electrons. The Morgan fingerprint density at radius 3 is 2.89 bits per heavy atom. The van der Waals surface area contributed by atoms with Crippen molar-refractivity contribution in [2.24, 2.45) is 5.92 Å². The summed E-state index contributed by atoms with van der Waals surface area (Å²) >= 11 is 0. The van der Waals surface area contributed by atoms with E-state index in [0.29, 0.717) is 66.2 Å². The van der Waals surface area contributed by atoms with E-state index in [9.17, 15) is 4.39 Å². The van der Waals surface area contributed by atoms with Gasteiger partial charge in [0, 0.05) is 44.4 Å². The number of anilines is 1. The van der Waals surface area contributed by atoms with Crippen LogP contribution >= 0.6 is 0 Å². The molecule has 44 heavy (non-hydrogen) atoms. The topological polar surface area (TPSA) is 63.6 Å². The fourth-order valence-electron chi connectivity index (χ4n) is 8.05. The molecule has 0 radical (unpaired) electrons. The van der Waals surface area contributed by atoms with E-state index in [2.05, 4.69) is 19.8 Å². The fourth-order valence-corrected chi connectivity index (χ4v) is 8.05. The van der Waals surface area contributed by atoms with Gasteiger partial charge in [-0.15, -0.1) is 0 Å². The molecule has 4 aromatic rings. The van der Waals surface area contributed by atoms with Gasteiger partial charge >= 0.3 is 6.01 Å². The largest absolute Gasteiger partial charge is 0.461 e. The van der Waals surface area contributed by atoms with Crippen LogP contribution in [0.3, 0.4) is 0 Å². The molecule has 9 rings (SSSR count). The molecule has 5 aliphatic heterocycles. The monoisotopic (exact) mass is 603 g/mol. The zero-order valence-corrected chi connectivity index (χ0v) is 24.7. The molecule has 0 aliphatic carbocycles.